The lowest BCUT2D eigenvalue weighted by Gasteiger charge is -2.10. The lowest BCUT2D eigenvalue weighted by atomic mass is 10.1. The lowest BCUT2D eigenvalue weighted by molar-refractivity contribution is 0.0965. The number of thiazole rings is 1. The van der Waals surface area contributed by atoms with E-state index >= 15 is 0 Å². The zero-order valence-corrected chi connectivity index (χ0v) is 18.5. The van der Waals surface area contributed by atoms with Crippen LogP contribution in [0, 0.1) is 13.8 Å². The number of carbonyl (C=O) groups is 1. The van der Waals surface area contributed by atoms with Crippen molar-refractivity contribution in [1.82, 2.24) is 19.3 Å². The van der Waals surface area contributed by atoms with Gasteiger partial charge in [-0.15, -0.1) is 22.7 Å². The minimum absolute atomic E-state index is 0.121. The molecule has 0 atom stereocenters. The van der Waals surface area contributed by atoms with Gasteiger partial charge in [-0.05, 0) is 37.4 Å². The van der Waals surface area contributed by atoms with Crippen molar-refractivity contribution in [2.45, 2.75) is 20.4 Å². The summed E-state index contributed by atoms with van der Waals surface area (Å²) in [7, 11) is 0. The van der Waals surface area contributed by atoms with Crippen LogP contribution in [0.15, 0.2) is 64.2 Å². The van der Waals surface area contributed by atoms with E-state index in [0.29, 0.717) is 16.6 Å². The van der Waals surface area contributed by atoms with E-state index in [2.05, 4.69) is 10.1 Å². The summed E-state index contributed by atoms with van der Waals surface area (Å²) in [6, 6.07) is 13.2. The number of hydrogen-bond donors (Lipinski definition) is 0. The SMILES string of the molecule is Cc1cc(C(=O)Cn2nc(-c3cccs3)c3ccccc3c2=O)c(C)n1-c1nccs1. The molecule has 8 heteroatoms. The second-order valence-electron chi connectivity index (χ2n) is 7.19. The van der Waals surface area contributed by atoms with E-state index in [1.165, 1.54) is 16.0 Å². The normalized spacial score (nSPS) is 11.3. The van der Waals surface area contributed by atoms with Crippen LogP contribution in [0.1, 0.15) is 21.7 Å². The highest BCUT2D eigenvalue weighted by molar-refractivity contribution is 7.13. The van der Waals surface area contributed by atoms with Crippen molar-refractivity contribution in [3.8, 4) is 15.7 Å². The Morgan fingerprint density at radius 2 is 1.84 bits per heavy atom. The van der Waals surface area contributed by atoms with Gasteiger partial charge in [0.15, 0.2) is 10.9 Å². The summed E-state index contributed by atoms with van der Waals surface area (Å²) in [5.74, 6) is -0.155. The number of benzene rings is 1. The molecule has 0 spiro atoms. The maximum Gasteiger partial charge on any atom is 0.275 e. The first-order valence-electron chi connectivity index (χ1n) is 9.70. The maximum absolute atomic E-state index is 13.2. The highest BCUT2D eigenvalue weighted by atomic mass is 32.1. The van der Waals surface area contributed by atoms with E-state index in [4.69, 9.17) is 0 Å². The van der Waals surface area contributed by atoms with E-state index in [1.807, 2.05) is 65.6 Å². The van der Waals surface area contributed by atoms with Gasteiger partial charge in [-0.2, -0.15) is 5.10 Å². The summed E-state index contributed by atoms with van der Waals surface area (Å²) in [4.78, 5) is 31.6. The zero-order chi connectivity index (χ0) is 21.5. The Morgan fingerprint density at radius 1 is 1.03 bits per heavy atom. The Morgan fingerprint density at radius 3 is 2.55 bits per heavy atom. The topological polar surface area (TPSA) is 69.8 Å². The van der Waals surface area contributed by atoms with Crippen molar-refractivity contribution in [2.75, 3.05) is 0 Å². The summed E-state index contributed by atoms with van der Waals surface area (Å²) in [5, 5.41) is 10.6. The molecule has 4 heterocycles. The Balaban J connectivity index is 1.59. The minimum Gasteiger partial charge on any atom is -0.294 e. The summed E-state index contributed by atoms with van der Waals surface area (Å²) >= 11 is 3.07. The Bertz CT molecular complexity index is 1460. The van der Waals surface area contributed by atoms with Crippen LogP contribution in [0.25, 0.3) is 26.5 Å². The van der Waals surface area contributed by atoms with E-state index < -0.39 is 0 Å². The Kier molecular flexibility index (Phi) is 4.88. The smallest absolute Gasteiger partial charge is 0.275 e. The van der Waals surface area contributed by atoms with Crippen LogP contribution in [0.3, 0.4) is 0 Å². The first kappa shape index (κ1) is 19.6. The first-order chi connectivity index (χ1) is 15.0. The molecule has 0 aliphatic carbocycles. The lowest BCUT2D eigenvalue weighted by Crippen LogP contribution is -2.27. The fourth-order valence-corrected chi connectivity index (χ4v) is 5.30. The highest BCUT2D eigenvalue weighted by Gasteiger charge is 2.20. The number of fused-ring (bicyclic) bond motifs is 1. The third-order valence-electron chi connectivity index (χ3n) is 5.26. The van der Waals surface area contributed by atoms with Crippen LogP contribution in [-0.4, -0.2) is 25.1 Å². The summed E-state index contributed by atoms with van der Waals surface area (Å²) in [6.07, 6.45) is 1.74. The molecule has 6 nitrogen and oxygen atoms in total. The molecular formula is C23H18N4O2S2. The van der Waals surface area contributed by atoms with Crippen molar-refractivity contribution >= 4 is 39.2 Å². The monoisotopic (exact) mass is 446 g/mol. The third-order valence-corrected chi connectivity index (χ3v) is 6.89. The van der Waals surface area contributed by atoms with E-state index in [9.17, 15) is 9.59 Å². The van der Waals surface area contributed by atoms with Crippen LogP contribution in [-0.2, 0) is 6.54 Å². The number of aromatic nitrogens is 4. The van der Waals surface area contributed by atoms with Gasteiger partial charge in [-0.25, -0.2) is 9.67 Å². The molecule has 5 aromatic rings. The van der Waals surface area contributed by atoms with Gasteiger partial charge in [0.25, 0.3) is 5.56 Å². The molecule has 0 aliphatic heterocycles. The zero-order valence-electron chi connectivity index (χ0n) is 16.9. The number of hydrogen-bond acceptors (Lipinski definition) is 6. The van der Waals surface area contributed by atoms with Gasteiger partial charge in [-0.3, -0.25) is 14.2 Å². The maximum atomic E-state index is 13.2. The molecular weight excluding hydrogens is 428 g/mol. The molecule has 0 aliphatic rings. The van der Waals surface area contributed by atoms with Crippen molar-refractivity contribution in [2.24, 2.45) is 0 Å². The number of Topliss-reactive ketones (excluding diaryl/α,β-unsaturated/α-hetero) is 1. The predicted molar refractivity (Wildman–Crippen MR) is 125 cm³/mol. The summed E-state index contributed by atoms with van der Waals surface area (Å²) < 4.78 is 3.25. The van der Waals surface area contributed by atoms with E-state index in [0.717, 1.165) is 26.8 Å². The number of rotatable bonds is 5. The van der Waals surface area contributed by atoms with Crippen LogP contribution in [0.2, 0.25) is 0 Å². The number of ketones is 1. The standard InChI is InChI=1S/C23H18N4O2S2/c1-14-12-18(15(2)27(14)23-24-9-11-31-23)19(28)13-26-22(29)17-7-4-3-6-16(17)21(25-26)20-8-5-10-30-20/h3-12H,13H2,1-2H3. The molecule has 0 fully saturated rings. The second-order valence-corrected chi connectivity index (χ2v) is 9.01. The molecule has 0 amide bonds. The quantitative estimate of drug-likeness (QED) is 0.361. The summed E-state index contributed by atoms with van der Waals surface area (Å²) in [6.45, 7) is 3.72. The number of nitrogens with zero attached hydrogens (tertiary/aromatic N) is 4. The van der Waals surface area contributed by atoms with E-state index in [-0.39, 0.29) is 17.9 Å². The van der Waals surface area contributed by atoms with Gasteiger partial charge in [-0.1, -0.05) is 24.3 Å². The second kappa shape index (κ2) is 7.72. The third kappa shape index (κ3) is 3.34. The average molecular weight is 447 g/mol. The van der Waals surface area contributed by atoms with Crippen molar-refractivity contribution in [3.05, 3.63) is 86.7 Å². The number of aryl methyl sites for hydroxylation is 1. The minimum atomic E-state index is -0.266. The van der Waals surface area contributed by atoms with Gasteiger partial charge < -0.3 is 0 Å². The summed E-state index contributed by atoms with van der Waals surface area (Å²) in [5.41, 5.74) is 2.76. The van der Waals surface area contributed by atoms with Gasteiger partial charge in [0.1, 0.15) is 12.2 Å². The first-order valence-corrected chi connectivity index (χ1v) is 11.5. The molecule has 0 radical (unpaired) electrons. The van der Waals surface area contributed by atoms with Gasteiger partial charge in [0.05, 0.1) is 10.3 Å². The molecule has 0 saturated carbocycles. The molecule has 31 heavy (non-hydrogen) atoms. The van der Waals surface area contributed by atoms with Crippen molar-refractivity contribution < 1.29 is 4.79 Å². The Labute approximate surface area is 186 Å². The number of thiophene rings is 1. The molecule has 5 rings (SSSR count). The fourth-order valence-electron chi connectivity index (χ4n) is 3.82. The van der Waals surface area contributed by atoms with Crippen LogP contribution >= 0.6 is 22.7 Å². The molecule has 4 aromatic heterocycles. The predicted octanol–water partition coefficient (Wildman–Crippen LogP) is 4.87. The number of carbonyl (C=O) groups excluding carboxylic acids is 1. The molecule has 0 N–H and O–H groups in total. The molecule has 154 valence electrons. The van der Waals surface area contributed by atoms with Crippen LogP contribution in [0.4, 0.5) is 0 Å². The molecule has 0 unspecified atom stereocenters. The van der Waals surface area contributed by atoms with E-state index in [1.54, 1.807) is 23.6 Å². The van der Waals surface area contributed by atoms with Crippen LogP contribution in [0.5, 0.6) is 0 Å². The molecule has 1 aromatic carbocycles. The highest BCUT2D eigenvalue weighted by Crippen LogP contribution is 2.28. The average Bonchev–Trinajstić information content (AvgIpc) is 3.52. The van der Waals surface area contributed by atoms with Gasteiger partial charge >= 0.3 is 0 Å². The Hall–Kier alpha value is -3.36. The largest absolute Gasteiger partial charge is 0.294 e. The van der Waals surface area contributed by atoms with Crippen molar-refractivity contribution in [1.29, 1.82) is 0 Å². The van der Waals surface area contributed by atoms with Gasteiger partial charge in [0, 0.05) is 33.9 Å². The van der Waals surface area contributed by atoms with Crippen molar-refractivity contribution in [3.63, 3.8) is 0 Å². The molecule has 0 saturated heterocycles. The molecule has 0 bridgehead atoms. The fraction of sp³-hybridized carbons (Fsp3) is 0.130. The van der Waals surface area contributed by atoms with Crippen LogP contribution < -0.4 is 5.56 Å². The van der Waals surface area contributed by atoms with Gasteiger partial charge in [0.2, 0.25) is 0 Å².